The van der Waals surface area contributed by atoms with Gasteiger partial charge in [-0.05, 0) is 54.8 Å². The van der Waals surface area contributed by atoms with E-state index in [1.54, 1.807) is 13.2 Å². The van der Waals surface area contributed by atoms with Crippen molar-refractivity contribution >= 4 is 17.3 Å². The first-order valence-corrected chi connectivity index (χ1v) is 9.34. The second-order valence-corrected chi connectivity index (χ2v) is 7.14. The molecule has 0 aromatic heterocycles. The van der Waals surface area contributed by atoms with Crippen LogP contribution in [0.1, 0.15) is 31.7 Å². The fourth-order valence-corrected chi connectivity index (χ4v) is 4.18. The van der Waals surface area contributed by atoms with E-state index in [1.165, 1.54) is 0 Å². The Morgan fingerprint density at radius 2 is 1.85 bits per heavy atom. The van der Waals surface area contributed by atoms with Gasteiger partial charge in [0.05, 0.1) is 13.0 Å². The summed E-state index contributed by atoms with van der Waals surface area (Å²) in [4.78, 5) is 14.0. The molecule has 142 valence electrons. The van der Waals surface area contributed by atoms with Crippen LogP contribution in [0.2, 0.25) is 5.02 Å². The van der Waals surface area contributed by atoms with Gasteiger partial charge < -0.3 is 9.64 Å². The predicted octanol–water partition coefficient (Wildman–Crippen LogP) is 5.28. The maximum absolute atomic E-state index is 12.1. The normalized spacial score (nSPS) is 22.3. The topological polar surface area (TPSA) is 55.6 Å². The molecule has 0 amide bonds. The van der Waals surface area contributed by atoms with Gasteiger partial charge in [0.1, 0.15) is 11.8 Å². The molecular weight excluding hydrogens is 364 g/mol. The summed E-state index contributed by atoms with van der Waals surface area (Å²) in [6, 6.07) is 13.9. The number of ether oxygens (including phenoxy) is 1. The third-order valence-electron chi connectivity index (χ3n) is 5.20. The Morgan fingerprint density at radius 3 is 2.41 bits per heavy atom. The molecule has 0 N–H and O–H groups in total. The van der Waals surface area contributed by atoms with Crippen molar-refractivity contribution < 1.29 is 9.66 Å². The minimum absolute atomic E-state index is 0.158. The fraction of sp³-hybridized carbons (Fsp3) is 0.333. The van der Waals surface area contributed by atoms with Gasteiger partial charge in [-0.2, -0.15) is 0 Å². The molecule has 1 heterocycles. The van der Waals surface area contributed by atoms with E-state index in [-0.39, 0.29) is 16.9 Å². The van der Waals surface area contributed by atoms with E-state index in [9.17, 15) is 10.1 Å². The Labute approximate surface area is 164 Å². The summed E-state index contributed by atoms with van der Waals surface area (Å²) in [6.07, 6.45) is 2.66. The number of rotatable bonds is 5. The first kappa shape index (κ1) is 19.2. The van der Waals surface area contributed by atoms with E-state index in [0.29, 0.717) is 11.4 Å². The van der Waals surface area contributed by atoms with Crippen molar-refractivity contribution in [2.24, 2.45) is 0 Å². The van der Waals surface area contributed by atoms with Gasteiger partial charge in [0.2, 0.25) is 6.04 Å². The summed E-state index contributed by atoms with van der Waals surface area (Å²) in [5, 5.41) is 12.7. The molecule has 0 saturated carbocycles. The summed E-state index contributed by atoms with van der Waals surface area (Å²) >= 11 is 6.39. The van der Waals surface area contributed by atoms with Crippen molar-refractivity contribution in [1.82, 2.24) is 0 Å². The van der Waals surface area contributed by atoms with Crippen molar-refractivity contribution in [1.29, 1.82) is 0 Å². The van der Waals surface area contributed by atoms with Crippen LogP contribution in [-0.2, 0) is 0 Å². The summed E-state index contributed by atoms with van der Waals surface area (Å²) in [7, 11) is 1.62. The summed E-state index contributed by atoms with van der Waals surface area (Å²) in [5.74, 6) is 0.400. The molecule has 3 rings (SSSR count). The minimum atomic E-state index is -0.790. The van der Waals surface area contributed by atoms with E-state index < -0.39 is 6.04 Å². The van der Waals surface area contributed by atoms with Crippen molar-refractivity contribution in [2.45, 2.75) is 38.3 Å². The standard InChI is InChI=1S/C21H23ClN2O3/c1-4-19-21(24(25)26)20(17-7-5-6-8-18(17)22)14(2)13-23(19)15-9-11-16(27-3)12-10-15/h5-13,19-21H,4H2,1-3H3. The Hall–Kier alpha value is -2.53. The predicted molar refractivity (Wildman–Crippen MR) is 108 cm³/mol. The van der Waals surface area contributed by atoms with Crippen LogP contribution in [0.25, 0.3) is 0 Å². The highest BCUT2D eigenvalue weighted by molar-refractivity contribution is 6.31. The molecule has 1 aliphatic rings. The van der Waals surface area contributed by atoms with Crippen LogP contribution in [0.15, 0.2) is 60.3 Å². The molecule has 0 fully saturated rings. The van der Waals surface area contributed by atoms with Crippen LogP contribution in [-0.4, -0.2) is 24.1 Å². The Kier molecular flexibility index (Phi) is 5.71. The molecule has 2 aromatic carbocycles. The number of nitrogens with zero attached hydrogens (tertiary/aromatic N) is 2. The lowest BCUT2D eigenvalue weighted by Gasteiger charge is -2.40. The van der Waals surface area contributed by atoms with Crippen LogP contribution in [0, 0.1) is 10.1 Å². The number of methoxy groups -OCH3 is 1. The number of anilines is 1. The maximum atomic E-state index is 12.1. The molecule has 27 heavy (non-hydrogen) atoms. The molecule has 0 bridgehead atoms. The zero-order valence-corrected chi connectivity index (χ0v) is 16.4. The summed E-state index contributed by atoms with van der Waals surface area (Å²) < 4.78 is 5.22. The van der Waals surface area contributed by atoms with Gasteiger partial charge in [0, 0.05) is 21.8 Å². The Balaban J connectivity index is 2.10. The average molecular weight is 387 g/mol. The zero-order chi connectivity index (χ0) is 19.6. The van der Waals surface area contributed by atoms with Crippen LogP contribution >= 0.6 is 11.6 Å². The van der Waals surface area contributed by atoms with Crippen molar-refractivity contribution in [3.05, 3.63) is 81.0 Å². The summed E-state index contributed by atoms with van der Waals surface area (Å²) in [5.41, 5.74) is 2.64. The van der Waals surface area contributed by atoms with Crippen LogP contribution in [0.3, 0.4) is 0 Å². The lowest BCUT2D eigenvalue weighted by molar-refractivity contribution is -0.529. The lowest BCUT2D eigenvalue weighted by Crippen LogP contribution is -2.51. The molecule has 1 aliphatic heterocycles. The van der Waals surface area contributed by atoms with Crippen LogP contribution in [0.4, 0.5) is 5.69 Å². The molecule has 0 radical (unpaired) electrons. The van der Waals surface area contributed by atoms with Gasteiger partial charge >= 0.3 is 0 Å². The zero-order valence-electron chi connectivity index (χ0n) is 15.6. The number of benzene rings is 2. The highest BCUT2D eigenvalue weighted by Gasteiger charge is 2.46. The molecule has 3 unspecified atom stereocenters. The van der Waals surface area contributed by atoms with Gasteiger partial charge in [-0.3, -0.25) is 10.1 Å². The molecule has 3 atom stereocenters. The van der Waals surface area contributed by atoms with E-state index in [4.69, 9.17) is 16.3 Å². The van der Waals surface area contributed by atoms with Crippen LogP contribution in [0.5, 0.6) is 5.75 Å². The Bertz CT molecular complexity index is 851. The van der Waals surface area contributed by atoms with E-state index in [0.717, 1.165) is 22.6 Å². The second kappa shape index (κ2) is 8.01. The molecule has 6 heteroatoms. The van der Waals surface area contributed by atoms with Crippen molar-refractivity contribution in [3.8, 4) is 5.75 Å². The molecule has 0 aliphatic carbocycles. The second-order valence-electron chi connectivity index (χ2n) is 6.73. The van der Waals surface area contributed by atoms with E-state index in [1.807, 2.05) is 67.4 Å². The minimum Gasteiger partial charge on any atom is -0.497 e. The third-order valence-corrected chi connectivity index (χ3v) is 5.54. The van der Waals surface area contributed by atoms with Crippen LogP contribution < -0.4 is 9.64 Å². The number of nitro groups is 1. The maximum Gasteiger partial charge on any atom is 0.243 e. The van der Waals surface area contributed by atoms with Gasteiger partial charge in [-0.1, -0.05) is 36.7 Å². The number of hydrogen-bond acceptors (Lipinski definition) is 4. The molecule has 0 spiro atoms. The molecule has 5 nitrogen and oxygen atoms in total. The molecule has 2 aromatic rings. The van der Waals surface area contributed by atoms with Crippen molar-refractivity contribution in [2.75, 3.05) is 12.0 Å². The molecule has 0 saturated heterocycles. The first-order valence-electron chi connectivity index (χ1n) is 8.96. The average Bonchev–Trinajstić information content (AvgIpc) is 2.67. The summed E-state index contributed by atoms with van der Waals surface area (Å²) in [6.45, 7) is 3.92. The largest absolute Gasteiger partial charge is 0.497 e. The van der Waals surface area contributed by atoms with Crippen molar-refractivity contribution in [3.63, 3.8) is 0 Å². The molecular formula is C21H23ClN2O3. The van der Waals surface area contributed by atoms with E-state index in [2.05, 4.69) is 0 Å². The highest BCUT2D eigenvalue weighted by Crippen LogP contribution is 2.42. The van der Waals surface area contributed by atoms with E-state index >= 15 is 0 Å². The smallest absolute Gasteiger partial charge is 0.243 e. The fourth-order valence-electron chi connectivity index (χ4n) is 3.93. The monoisotopic (exact) mass is 386 g/mol. The van der Waals surface area contributed by atoms with Gasteiger partial charge in [-0.15, -0.1) is 0 Å². The first-order chi connectivity index (χ1) is 13.0. The van der Waals surface area contributed by atoms with Gasteiger partial charge in [0.15, 0.2) is 0 Å². The Morgan fingerprint density at radius 1 is 1.19 bits per heavy atom. The van der Waals surface area contributed by atoms with Gasteiger partial charge in [-0.25, -0.2) is 0 Å². The third kappa shape index (κ3) is 3.65. The quantitative estimate of drug-likeness (QED) is 0.518. The van der Waals surface area contributed by atoms with Gasteiger partial charge in [0.25, 0.3) is 0 Å². The SMILES string of the molecule is CCC1C([N+](=O)[O-])C(c2ccccc2Cl)C(C)=CN1c1ccc(OC)cc1. The highest BCUT2D eigenvalue weighted by atomic mass is 35.5. The number of halogens is 1. The lowest BCUT2D eigenvalue weighted by atomic mass is 9.78. The number of hydrogen-bond donors (Lipinski definition) is 0.